The number of morpholine rings is 1. The highest BCUT2D eigenvalue weighted by Gasteiger charge is 2.30. The fraction of sp³-hybridized carbons (Fsp3) is 0.846. The van der Waals surface area contributed by atoms with E-state index >= 15 is 0 Å². The van der Waals surface area contributed by atoms with Gasteiger partial charge in [0.15, 0.2) is 0 Å². The highest BCUT2D eigenvalue weighted by atomic mass is 16.5. The van der Waals surface area contributed by atoms with Crippen molar-refractivity contribution in [1.82, 2.24) is 4.90 Å². The Balaban J connectivity index is 2.51. The average Bonchev–Trinajstić information content (AvgIpc) is 2.26. The van der Waals surface area contributed by atoms with Gasteiger partial charge < -0.3 is 14.7 Å². The zero-order valence-corrected chi connectivity index (χ0v) is 11.4. The Morgan fingerprint density at radius 2 is 2.06 bits per heavy atom. The summed E-state index contributed by atoms with van der Waals surface area (Å²) in [5, 5.41) is 8.81. The third-order valence-electron chi connectivity index (χ3n) is 3.21. The molecule has 0 saturated carbocycles. The van der Waals surface area contributed by atoms with E-state index in [0.29, 0.717) is 19.7 Å². The Morgan fingerprint density at radius 1 is 1.39 bits per heavy atom. The second-order valence-electron chi connectivity index (χ2n) is 5.65. The number of carbonyl (C=O) groups is 2. The second-order valence-corrected chi connectivity index (χ2v) is 5.65. The quantitative estimate of drug-likeness (QED) is 0.810. The molecule has 1 saturated heterocycles. The first-order valence-corrected chi connectivity index (χ1v) is 6.45. The van der Waals surface area contributed by atoms with E-state index in [1.165, 1.54) is 0 Å². The van der Waals surface area contributed by atoms with Crippen molar-refractivity contribution < 1.29 is 19.4 Å². The number of hydrogen-bond donors (Lipinski definition) is 1. The van der Waals surface area contributed by atoms with Crippen molar-refractivity contribution in [2.75, 3.05) is 19.7 Å². The number of carbonyl (C=O) groups excluding carboxylic acids is 1. The van der Waals surface area contributed by atoms with Gasteiger partial charge in [-0.25, -0.2) is 0 Å². The molecule has 0 bridgehead atoms. The minimum Gasteiger partial charge on any atom is -0.481 e. The Bertz CT molecular complexity index is 314. The van der Waals surface area contributed by atoms with E-state index in [-0.39, 0.29) is 24.9 Å². The lowest BCUT2D eigenvalue weighted by atomic mass is 9.85. The molecular formula is C13H23NO4. The van der Waals surface area contributed by atoms with Crippen LogP contribution in [0.2, 0.25) is 0 Å². The zero-order valence-electron chi connectivity index (χ0n) is 11.4. The van der Waals surface area contributed by atoms with Crippen LogP contribution in [0.4, 0.5) is 0 Å². The van der Waals surface area contributed by atoms with E-state index in [9.17, 15) is 9.59 Å². The molecule has 1 heterocycles. The van der Waals surface area contributed by atoms with E-state index < -0.39 is 11.4 Å². The predicted octanol–water partition coefficient (Wildman–Crippen LogP) is 1.51. The molecule has 1 rings (SSSR count). The van der Waals surface area contributed by atoms with E-state index in [0.717, 1.165) is 6.42 Å². The van der Waals surface area contributed by atoms with E-state index in [4.69, 9.17) is 9.84 Å². The summed E-state index contributed by atoms with van der Waals surface area (Å²) in [6.45, 7) is 7.47. The molecule has 0 aromatic rings. The first-order chi connectivity index (χ1) is 8.34. The van der Waals surface area contributed by atoms with Crippen LogP contribution in [0, 0.1) is 5.41 Å². The average molecular weight is 257 g/mol. The minimum absolute atomic E-state index is 0.0142. The number of ether oxygens (including phenoxy) is 1. The van der Waals surface area contributed by atoms with Gasteiger partial charge in [-0.15, -0.1) is 0 Å². The molecule has 1 fully saturated rings. The van der Waals surface area contributed by atoms with E-state index in [1.54, 1.807) is 4.90 Å². The molecule has 1 atom stereocenters. The lowest BCUT2D eigenvalue weighted by Crippen LogP contribution is -2.46. The summed E-state index contributed by atoms with van der Waals surface area (Å²) in [5.41, 5.74) is -0.497. The fourth-order valence-corrected chi connectivity index (χ4v) is 2.19. The lowest BCUT2D eigenvalue weighted by Gasteiger charge is -2.34. The molecule has 0 radical (unpaired) electrons. The van der Waals surface area contributed by atoms with Crippen LogP contribution >= 0.6 is 0 Å². The van der Waals surface area contributed by atoms with Crippen molar-refractivity contribution in [1.29, 1.82) is 0 Å². The van der Waals surface area contributed by atoms with Crippen molar-refractivity contribution >= 4 is 11.9 Å². The molecular weight excluding hydrogens is 234 g/mol. The Labute approximate surface area is 108 Å². The molecule has 1 N–H and O–H groups in total. The fourth-order valence-electron chi connectivity index (χ4n) is 2.19. The molecule has 0 unspecified atom stereocenters. The van der Waals surface area contributed by atoms with Crippen LogP contribution < -0.4 is 0 Å². The SMILES string of the molecule is CC[C@H]1CN(C(=O)CC(C)(C)CC(=O)O)CCO1. The molecule has 1 aliphatic heterocycles. The summed E-state index contributed by atoms with van der Waals surface area (Å²) in [6, 6.07) is 0. The standard InChI is InChI=1S/C13H23NO4/c1-4-10-9-14(5-6-18-10)11(15)7-13(2,3)8-12(16)17/h10H,4-9H2,1-3H3,(H,16,17)/t10-/m0/s1. The van der Waals surface area contributed by atoms with Gasteiger partial charge in [0.25, 0.3) is 0 Å². The number of carboxylic acids is 1. The summed E-state index contributed by atoms with van der Waals surface area (Å²) in [7, 11) is 0. The van der Waals surface area contributed by atoms with Gasteiger partial charge in [-0.2, -0.15) is 0 Å². The first-order valence-electron chi connectivity index (χ1n) is 6.45. The van der Waals surface area contributed by atoms with Gasteiger partial charge in [-0.1, -0.05) is 20.8 Å². The smallest absolute Gasteiger partial charge is 0.303 e. The lowest BCUT2D eigenvalue weighted by molar-refractivity contribution is -0.143. The number of carboxylic acid groups (broad SMARTS) is 1. The van der Waals surface area contributed by atoms with E-state index in [1.807, 2.05) is 20.8 Å². The van der Waals surface area contributed by atoms with Crippen molar-refractivity contribution in [3.63, 3.8) is 0 Å². The maximum Gasteiger partial charge on any atom is 0.303 e. The van der Waals surface area contributed by atoms with Gasteiger partial charge in [0.2, 0.25) is 5.91 Å². The summed E-state index contributed by atoms with van der Waals surface area (Å²) in [4.78, 5) is 24.7. The topological polar surface area (TPSA) is 66.8 Å². The molecule has 0 aromatic heterocycles. The van der Waals surface area contributed by atoms with Gasteiger partial charge in [0.1, 0.15) is 0 Å². The van der Waals surface area contributed by atoms with Crippen LogP contribution in [0.5, 0.6) is 0 Å². The molecule has 0 aliphatic carbocycles. The van der Waals surface area contributed by atoms with Gasteiger partial charge in [0, 0.05) is 19.5 Å². The number of rotatable bonds is 5. The van der Waals surface area contributed by atoms with Crippen molar-refractivity contribution in [3.05, 3.63) is 0 Å². The van der Waals surface area contributed by atoms with Crippen molar-refractivity contribution in [2.24, 2.45) is 5.41 Å². The van der Waals surface area contributed by atoms with Crippen LogP contribution in [0.3, 0.4) is 0 Å². The minimum atomic E-state index is -0.860. The summed E-state index contributed by atoms with van der Waals surface area (Å²) >= 11 is 0. The molecule has 5 nitrogen and oxygen atoms in total. The highest BCUT2D eigenvalue weighted by molar-refractivity contribution is 5.78. The van der Waals surface area contributed by atoms with Crippen molar-refractivity contribution in [3.8, 4) is 0 Å². The Hall–Kier alpha value is -1.10. The van der Waals surface area contributed by atoms with Crippen LogP contribution in [0.1, 0.15) is 40.0 Å². The molecule has 1 aliphatic rings. The number of amides is 1. The number of nitrogens with zero attached hydrogens (tertiary/aromatic N) is 1. The third kappa shape index (κ3) is 4.64. The first kappa shape index (κ1) is 15.0. The normalized spacial score (nSPS) is 20.8. The summed E-state index contributed by atoms with van der Waals surface area (Å²) in [6.07, 6.45) is 1.29. The van der Waals surface area contributed by atoms with Gasteiger partial charge in [0.05, 0.1) is 19.1 Å². The Kier molecular flexibility index (Phi) is 5.14. The van der Waals surface area contributed by atoms with Crippen molar-refractivity contribution in [2.45, 2.75) is 46.1 Å². The summed E-state index contributed by atoms with van der Waals surface area (Å²) < 4.78 is 5.51. The highest BCUT2D eigenvalue weighted by Crippen LogP contribution is 2.26. The monoisotopic (exact) mass is 257 g/mol. The second kappa shape index (κ2) is 6.18. The summed E-state index contributed by atoms with van der Waals surface area (Å²) in [5.74, 6) is -0.829. The number of hydrogen-bond acceptors (Lipinski definition) is 3. The predicted molar refractivity (Wildman–Crippen MR) is 67.3 cm³/mol. The van der Waals surface area contributed by atoms with Crippen LogP contribution in [-0.4, -0.2) is 47.7 Å². The van der Waals surface area contributed by atoms with Crippen LogP contribution in [-0.2, 0) is 14.3 Å². The number of aliphatic carboxylic acids is 1. The molecule has 18 heavy (non-hydrogen) atoms. The Morgan fingerprint density at radius 3 is 2.61 bits per heavy atom. The zero-order chi connectivity index (χ0) is 13.8. The molecule has 104 valence electrons. The van der Waals surface area contributed by atoms with Gasteiger partial charge in [-0.05, 0) is 11.8 Å². The van der Waals surface area contributed by atoms with Gasteiger partial charge >= 0.3 is 5.97 Å². The largest absolute Gasteiger partial charge is 0.481 e. The maximum atomic E-state index is 12.1. The maximum absolute atomic E-state index is 12.1. The van der Waals surface area contributed by atoms with E-state index in [2.05, 4.69) is 0 Å². The third-order valence-corrected chi connectivity index (χ3v) is 3.21. The van der Waals surface area contributed by atoms with Crippen LogP contribution in [0.25, 0.3) is 0 Å². The molecule has 0 aromatic carbocycles. The van der Waals surface area contributed by atoms with Crippen LogP contribution in [0.15, 0.2) is 0 Å². The van der Waals surface area contributed by atoms with Gasteiger partial charge in [-0.3, -0.25) is 9.59 Å². The molecule has 0 spiro atoms. The molecule has 1 amide bonds. The molecule has 5 heteroatoms.